The lowest BCUT2D eigenvalue weighted by molar-refractivity contribution is 0.347. The fourth-order valence-electron chi connectivity index (χ4n) is 3.47. The topological polar surface area (TPSA) is 25.1 Å². The third-order valence-electron chi connectivity index (χ3n) is 5.20. The Balaban J connectivity index is 1.26. The molecule has 2 rings (SSSR count). The van der Waals surface area contributed by atoms with E-state index in [1.165, 1.54) is 96.3 Å². The van der Waals surface area contributed by atoms with Gasteiger partial charge in [0.15, 0.2) is 0 Å². The van der Waals surface area contributed by atoms with E-state index in [4.69, 9.17) is 9.47 Å². The molecule has 0 aromatic rings. The van der Waals surface area contributed by atoms with Crippen molar-refractivity contribution in [3.8, 4) is 0 Å². The molecular formula is C20H38O2. The van der Waals surface area contributed by atoms with Crippen LogP contribution < -0.4 is 0 Å². The largest absolute Gasteiger partial charge is 0.373 e. The molecule has 0 saturated carbocycles. The minimum Gasteiger partial charge on any atom is -0.373 e. The van der Waals surface area contributed by atoms with Crippen molar-refractivity contribution in [3.05, 3.63) is 0 Å². The van der Waals surface area contributed by atoms with Crippen LogP contribution in [0.3, 0.4) is 0 Å². The molecule has 2 fully saturated rings. The highest BCUT2D eigenvalue weighted by molar-refractivity contribution is 4.84. The van der Waals surface area contributed by atoms with Crippen LogP contribution in [-0.2, 0) is 9.47 Å². The van der Waals surface area contributed by atoms with Gasteiger partial charge >= 0.3 is 0 Å². The number of ether oxygens (including phenoxy) is 2. The second-order valence-electron chi connectivity index (χ2n) is 7.42. The summed E-state index contributed by atoms with van der Waals surface area (Å²) in [5.41, 5.74) is 0. The summed E-state index contributed by atoms with van der Waals surface area (Å²) in [7, 11) is 0. The first-order valence-electron chi connectivity index (χ1n) is 10.2. The standard InChI is InChI=1S/C20H38O2/c1-2-3-4-5-6-9-12-15-19-20(22-19)16-13-10-7-8-11-14-18-17-21-18/h18-20H,2-17H2,1H3. The third kappa shape index (κ3) is 9.15. The average Bonchev–Trinajstić information content (AvgIpc) is 3.42. The van der Waals surface area contributed by atoms with Crippen LogP contribution >= 0.6 is 0 Å². The summed E-state index contributed by atoms with van der Waals surface area (Å²) in [6.45, 7) is 3.31. The average molecular weight is 311 g/mol. The van der Waals surface area contributed by atoms with Gasteiger partial charge in [0.05, 0.1) is 24.9 Å². The predicted molar refractivity (Wildman–Crippen MR) is 93.3 cm³/mol. The van der Waals surface area contributed by atoms with E-state index >= 15 is 0 Å². The Morgan fingerprint density at radius 1 is 0.636 bits per heavy atom. The maximum absolute atomic E-state index is 5.81. The SMILES string of the molecule is CCCCCCCCCC1OC1CCCCCCCC1CO1. The van der Waals surface area contributed by atoms with E-state index in [1.807, 2.05) is 0 Å². The minimum atomic E-state index is 0.625. The number of epoxide rings is 2. The summed E-state index contributed by atoms with van der Waals surface area (Å²) in [4.78, 5) is 0. The molecule has 3 unspecified atom stereocenters. The molecule has 2 aliphatic heterocycles. The van der Waals surface area contributed by atoms with Crippen LogP contribution in [0.15, 0.2) is 0 Å². The Kier molecular flexibility index (Phi) is 9.51. The van der Waals surface area contributed by atoms with Crippen LogP contribution in [0.2, 0.25) is 0 Å². The second-order valence-corrected chi connectivity index (χ2v) is 7.42. The molecule has 0 aliphatic carbocycles. The summed E-state index contributed by atoms with van der Waals surface area (Å²) >= 11 is 0. The van der Waals surface area contributed by atoms with Crippen LogP contribution in [0.1, 0.15) is 103 Å². The van der Waals surface area contributed by atoms with Gasteiger partial charge in [-0.2, -0.15) is 0 Å². The minimum absolute atomic E-state index is 0.625. The zero-order chi connectivity index (χ0) is 15.5. The van der Waals surface area contributed by atoms with Crippen molar-refractivity contribution in [3.63, 3.8) is 0 Å². The van der Waals surface area contributed by atoms with Gasteiger partial charge in [0.1, 0.15) is 0 Å². The number of hydrogen-bond acceptors (Lipinski definition) is 2. The van der Waals surface area contributed by atoms with Crippen LogP contribution in [0.4, 0.5) is 0 Å². The molecule has 22 heavy (non-hydrogen) atoms. The van der Waals surface area contributed by atoms with Gasteiger partial charge in [-0.3, -0.25) is 0 Å². The van der Waals surface area contributed by atoms with E-state index < -0.39 is 0 Å². The van der Waals surface area contributed by atoms with E-state index in [9.17, 15) is 0 Å². The smallest absolute Gasteiger partial charge is 0.0841 e. The summed E-state index contributed by atoms with van der Waals surface area (Å²) in [6.07, 6.45) is 22.6. The van der Waals surface area contributed by atoms with Gasteiger partial charge in [-0.25, -0.2) is 0 Å². The van der Waals surface area contributed by atoms with Crippen LogP contribution in [-0.4, -0.2) is 24.9 Å². The van der Waals surface area contributed by atoms with Gasteiger partial charge in [-0.05, 0) is 19.3 Å². The Morgan fingerprint density at radius 3 is 1.59 bits per heavy atom. The van der Waals surface area contributed by atoms with Gasteiger partial charge in [-0.1, -0.05) is 84.0 Å². The summed E-state index contributed by atoms with van der Waals surface area (Å²) < 4.78 is 11.0. The maximum atomic E-state index is 5.81. The molecule has 2 nitrogen and oxygen atoms in total. The molecule has 0 aromatic carbocycles. The highest BCUT2D eigenvalue weighted by Crippen LogP contribution is 2.32. The lowest BCUT2D eigenvalue weighted by Crippen LogP contribution is -1.95. The molecule has 3 atom stereocenters. The number of hydrogen-bond donors (Lipinski definition) is 0. The van der Waals surface area contributed by atoms with E-state index in [0.717, 1.165) is 6.61 Å². The second kappa shape index (κ2) is 11.5. The normalized spacial score (nSPS) is 26.3. The van der Waals surface area contributed by atoms with E-state index in [0.29, 0.717) is 18.3 Å². The van der Waals surface area contributed by atoms with Crippen molar-refractivity contribution in [2.75, 3.05) is 6.61 Å². The maximum Gasteiger partial charge on any atom is 0.0841 e. The van der Waals surface area contributed by atoms with Crippen molar-refractivity contribution in [1.82, 2.24) is 0 Å². The molecule has 0 spiro atoms. The monoisotopic (exact) mass is 310 g/mol. The molecule has 130 valence electrons. The van der Waals surface area contributed by atoms with Crippen molar-refractivity contribution in [2.24, 2.45) is 0 Å². The zero-order valence-electron chi connectivity index (χ0n) is 14.9. The molecule has 0 aromatic heterocycles. The molecule has 2 saturated heterocycles. The number of rotatable bonds is 16. The Morgan fingerprint density at radius 2 is 1.09 bits per heavy atom. The predicted octanol–water partition coefficient (Wildman–Crippen LogP) is 6.02. The molecule has 0 amide bonds. The van der Waals surface area contributed by atoms with Gasteiger partial charge in [0, 0.05) is 0 Å². The summed E-state index contributed by atoms with van der Waals surface area (Å²) in [6, 6.07) is 0. The van der Waals surface area contributed by atoms with Crippen LogP contribution in [0.25, 0.3) is 0 Å². The third-order valence-corrected chi connectivity index (χ3v) is 5.20. The van der Waals surface area contributed by atoms with Crippen molar-refractivity contribution >= 4 is 0 Å². The number of unbranched alkanes of at least 4 members (excludes halogenated alkanes) is 10. The van der Waals surface area contributed by atoms with Gasteiger partial charge in [0.25, 0.3) is 0 Å². The first-order chi connectivity index (χ1) is 10.9. The van der Waals surface area contributed by atoms with E-state index in [-0.39, 0.29) is 0 Å². The Labute approximate surface area is 138 Å². The highest BCUT2D eigenvalue weighted by Gasteiger charge is 2.36. The first-order valence-corrected chi connectivity index (χ1v) is 10.2. The highest BCUT2D eigenvalue weighted by atomic mass is 16.6. The molecule has 0 bridgehead atoms. The zero-order valence-corrected chi connectivity index (χ0v) is 14.9. The fourth-order valence-corrected chi connectivity index (χ4v) is 3.47. The van der Waals surface area contributed by atoms with E-state index in [2.05, 4.69) is 6.92 Å². The molecule has 2 aliphatic rings. The molecular weight excluding hydrogens is 272 g/mol. The van der Waals surface area contributed by atoms with E-state index in [1.54, 1.807) is 0 Å². The van der Waals surface area contributed by atoms with Gasteiger partial charge in [-0.15, -0.1) is 0 Å². The van der Waals surface area contributed by atoms with Crippen molar-refractivity contribution in [2.45, 2.75) is 122 Å². The molecule has 2 heterocycles. The molecule has 2 heteroatoms. The van der Waals surface area contributed by atoms with Crippen LogP contribution in [0, 0.1) is 0 Å². The van der Waals surface area contributed by atoms with Crippen LogP contribution in [0.5, 0.6) is 0 Å². The summed E-state index contributed by atoms with van der Waals surface area (Å²) in [5.74, 6) is 0. The first kappa shape index (κ1) is 18.3. The molecule has 0 radical (unpaired) electrons. The lowest BCUT2D eigenvalue weighted by atomic mass is 10.0. The molecule has 0 N–H and O–H groups in total. The lowest BCUT2D eigenvalue weighted by Gasteiger charge is -2.00. The quantitative estimate of drug-likeness (QED) is 0.257. The van der Waals surface area contributed by atoms with Crippen molar-refractivity contribution in [1.29, 1.82) is 0 Å². The summed E-state index contributed by atoms with van der Waals surface area (Å²) in [5, 5.41) is 0. The Bertz CT molecular complexity index is 262. The van der Waals surface area contributed by atoms with Crippen molar-refractivity contribution < 1.29 is 9.47 Å². The van der Waals surface area contributed by atoms with Gasteiger partial charge < -0.3 is 9.47 Å². The Hall–Kier alpha value is -0.0800. The fraction of sp³-hybridized carbons (Fsp3) is 1.00. The van der Waals surface area contributed by atoms with Gasteiger partial charge in [0.2, 0.25) is 0 Å².